The highest BCUT2D eigenvalue weighted by atomic mass is 16.5. The van der Waals surface area contributed by atoms with Gasteiger partial charge in [0.05, 0.1) is 17.7 Å². The van der Waals surface area contributed by atoms with Crippen molar-refractivity contribution in [3.63, 3.8) is 0 Å². The van der Waals surface area contributed by atoms with Crippen molar-refractivity contribution in [3.8, 4) is 0 Å². The number of amides is 4. The van der Waals surface area contributed by atoms with Gasteiger partial charge in [0.25, 0.3) is 17.7 Å². The fourth-order valence-electron chi connectivity index (χ4n) is 3.87. The molecule has 1 fully saturated rings. The number of esters is 1. The number of fused-ring (bicyclic) bond motifs is 2. The van der Waals surface area contributed by atoms with E-state index in [2.05, 4.69) is 0 Å². The lowest BCUT2D eigenvalue weighted by atomic mass is 10.1. The predicted molar refractivity (Wildman–Crippen MR) is 97.9 cm³/mol. The molecule has 0 N–H and O–H groups in total. The number of hydrogen-bond acceptors (Lipinski definition) is 6. The van der Waals surface area contributed by atoms with E-state index in [1.807, 2.05) is 0 Å². The molecule has 0 aliphatic carbocycles. The van der Waals surface area contributed by atoms with Gasteiger partial charge in [-0.25, -0.2) is 14.8 Å². The van der Waals surface area contributed by atoms with Gasteiger partial charge in [0.15, 0.2) is 0 Å². The van der Waals surface area contributed by atoms with Gasteiger partial charge >= 0.3 is 5.97 Å². The molecule has 0 aromatic heterocycles. The zero-order valence-corrected chi connectivity index (χ0v) is 15.8. The number of benzene rings is 1. The van der Waals surface area contributed by atoms with Gasteiger partial charge in [-0.2, -0.15) is 0 Å². The number of carbonyl (C=O) groups is 5. The Labute approximate surface area is 166 Å². The van der Waals surface area contributed by atoms with Gasteiger partial charge in [-0.3, -0.25) is 24.1 Å². The second-order valence-corrected chi connectivity index (χ2v) is 6.85. The van der Waals surface area contributed by atoms with Crippen molar-refractivity contribution in [2.24, 2.45) is 0 Å². The van der Waals surface area contributed by atoms with Gasteiger partial charge in [0, 0.05) is 13.0 Å². The topological polar surface area (TPSA) is 104 Å². The summed E-state index contributed by atoms with van der Waals surface area (Å²) in [5.41, 5.74) is 0.370. The highest BCUT2D eigenvalue weighted by molar-refractivity contribution is 6.23. The quantitative estimate of drug-likeness (QED) is 0.554. The normalized spacial score (nSPS) is 21.6. The summed E-state index contributed by atoms with van der Waals surface area (Å²) in [6.07, 6.45) is 1.88. The first-order chi connectivity index (χ1) is 14.0. The lowest BCUT2D eigenvalue weighted by Crippen LogP contribution is -2.56. The van der Waals surface area contributed by atoms with Crippen LogP contribution >= 0.6 is 0 Å². The molecule has 1 aromatic rings. The Bertz CT molecular complexity index is 934. The second kappa shape index (κ2) is 7.16. The van der Waals surface area contributed by atoms with Gasteiger partial charge in [-0.05, 0) is 38.0 Å². The lowest BCUT2D eigenvalue weighted by Gasteiger charge is -2.38. The maximum atomic E-state index is 13.4. The molecular weight excluding hydrogens is 378 g/mol. The van der Waals surface area contributed by atoms with Crippen LogP contribution in [0.15, 0.2) is 36.0 Å². The van der Waals surface area contributed by atoms with Crippen LogP contribution in [-0.4, -0.2) is 63.7 Å². The molecule has 9 nitrogen and oxygen atoms in total. The monoisotopic (exact) mass is 397 g/mol. The fourth-order valence-corrected chi connectivity index (χ4v) is 3.87. The largest absolute Gasteiger partial charge is 0.461 e. The SMILES string of the molecule is CCOC(=O)C1=CCCN2C(=O)CCC(N3C(=O)c4ccccc4C3=O)C(=O)N12. The Morgan fingerprint density at radius 3 is 2.38 bits per heavy atom. The molecule has 0 spiro atoms. The smallest absolute Gasteiger partial charge is 0.356 e. The summed E-state index contributed by atoms with van der Waals surface area (Å²) in [5.74, 6) is -2.93. The number of rotatable bonds is 3. The average molecular weight is 397 g/mol. The molecule has 3 heterocycles. The summed E-state index contributed by atoms with van der Waals surface area (Å²) >= 11 is 0. The van der Waals surface area contributed by atoms with Crippen LogP contribution in [0.4, 0.5) is 0 Å². The Morgan fingerprint density at radius 2 is 1.76 bits per heavy atom. The van der Waals surface area contributed by atoms with Crippen LogP contribution in [0.3, 0.4) is 0 Å². The second-order valence-electron chi connectivity index (χ2n) is 6.85. The molecule has 1 saturated heterocycles. The minimum Gasteiger partial charge on any atom is -0.461 e. The highest BCUT2D eigenvalue weighted by Gasteiger charge is 2.48. The van der Waals surface area contributed by atoms with E-state index in [0.717, 1.165) is 9.91 Å². The van der Waals surface area contributed by atoms with Crippen molar-refractivity contribution in [2.45, 2.75) is 32.2 Å². The van der Waals surface area contributed by atoms with Crippen molar-refractivity contribution in [2.75, 3.05) is 13.2 Å². The third kappa shape index (κ3) is 2.89. The van der Waals surface area contributed by atoms with Crippen molar-refractivity contribution in [1.29, 1.82) is 0 Å². The van der Waals surface area contributed by atoms with Crippen LogP contribution in [0.1, 0.15) is 46.9 Å². The molecule has 0 radical (unpaired) electrons. The molecule has 3 aliphatic rings. The van der Waals surface area contributed by atoms with E-state index in [4.69, 9.17) is 4.74 Å². The van der Waals surface area contributed by atoms with E-state index in [-0.39, 0.29) is 48.7 Å². The van der Waals surface area contributed by atoms with E-state index in [1.165, 1.54) is 23.2 Å². The maximum absolute atomic E-state index is 13.4. The molecule has 150 valence electrons. The first-order valence-electron chi connectivity index (χ1n) is 9.44. The Hall–Kier alpha value is -3.49. The standard InChI is InChI=1S/C20H19N3O6/c1-2-29-20(28)15-8-5-11-21-16(24)10-9-14(19(27)23(15)21)22-17(25)12-6-3-4-7-13(12)18(22)26/h3-4,6-8,14H,2,5,9-11H2,1H3. The van der Waals surface area contributed by atoms with E-state index < -0.39 is 29.7 Å². The van der Waals surface area contributed by atoms with E-state index in [9.17, 15) is 24.0 Å². The third-order valence-corrected chi connectivity index (χ3v) is 5.18. The zero-order valence-electron chi connectivity index (χ0n) is 15.8. The van der Waals surface area contributed by atoms with Crippen LogP contribution < -0.4 is 0 Å². The lowest BCUT2D eigenvalue weighted by molar-refractivity contribution is -0.164. The molecule has 3 aliphatic heterocycles. The maximum Gasteiger partial charge on any atom is 0.356 e. The summed E-state index contributed by atoms with van der Waals surface area (Å²) in [6.45, 7) is 1.96. The van der Waals surface area contributed by atoms with E-state index in [1.54, 1.807) is 19.1 Å². The van der Waals surface area contributed by atoms with Crippen molar-refractivity contribution in [3.05, 3.63) is 47.2 Å². The van der Waals surface area contributed by atoms with Gasteiger partial charge in [0.2, 0.25) is 5.91 Å². The molecule has 4 amide bonds. The molecule has 29 heavy (non-hydrogen) atoms. The zero-order chi connectivity index (χ0) is 20.7. The molecular formula is C20H19N3O6. The van der Waals surface area contributed by atoms with Gasteiger partial charge in [0.1, 0.15) is 11.7 Å². The number of carbonyl (C=O) groups excluding carboxylic acids is 5. The van der Waals surface area contributed by atoms with Crippen molar-refractivity contribution in [1.82, 2.24) is 14.9 Å². The third-order valence-electron chi connectivity index (χ3n) is 5.18. The summed E-state index contributed by atoms with van der Waals surface area (Å²) < 4.78 is 5.02. The number of imide groups is 1. The first kappa shape index (κ1) is 18.9. The first-order valence-corrected chi connectivity index (χ1v) is 9.44. The Kier molecular flexibility index (Phi) is 4.65. The Morgan fingerprint density at radius 1 is 1.10 bits per heavy atom. The van der Waals surface area contributed by atoms with Crippen LogP contribution in [0.25, 0.3) is 0 Å². The summed E-state index contributed by atoms with van der Waals surface area (Å²) in [7, 11) is 0. The van der Waals surface area contributed by atoms with Gasteiger partial charge in [-0.1, -0.05) is 12.1 Å². The number of hydrazine groups is 1. The van der Waals surface area contributed by atoms with Crippen molar-refractivity contribution >= 4 is 29.6 Å². The average Bonchev–Trinajstić information content (AvgIpc) is 2.90. The number of nitrogens with zero attached hydrogens (tertiary/aromatic N) is 3. The minimum atomic E-state index is -1.19. The molecule has 4 rings (SSSR count). The van der Waals surface area contributed by atoms with E-state index >= 15 is 0 Å². The Balaban J connectivity index is 1.73. The number of ether oxygens (including phenoxy) is 1. The van der Waals surface area contributed by atoms with Crippen LogP contribution in [-0.2, 0) is 19.1 Å². The molecule has 1 atom stereocenters. The molecule has 1 aromatic carbocycles. The molecule has 0 saturated carbocycles. The van der Waals surface area contributed by atoms with Crippen molar-refractivity contribution < 1.29 is 28.7 Å². The molecule has 1 unspecified atom stereocenters. The summed E-state index contributed by atoms with van der Waals surface area (Å²) in [6, 6.07) is 5.14. The summed E-state index contributed by atoms with van der Waals surface area (Å²) in [4.78, 5) is 65.0. The van der Waals surface area contributed by atoms with Crippen LogP contribution in [0.5, 0.6) is 0 Å². The van der Waals surface area contributed by atoms with E-state index in [0.29, 0.717) is 6.42 Å². The fraction of sp³-hybridized carbons (Fsp3) is 0.350. The highest BCUT2D eigenvalue weighted by Crippen LogP contribution is 2.31. The van der Waals surface area contributed by atoms with Gasteiger partial charge < -0.3 is 4.74 Å². The number of hydrogen-bond donors (Lipinski definition) is 0. The minimum absolute atomic E-state index is 0.00770. The van der Waals surface area contributed by atoms with Gasteiger partial charge in [-0.15, -0.1) is 0 Å². The van der Waals surface area contributed by atoms with Crippen LogP contribution in [0, 0.1) is 0 Å². The molecule has 9 heteroatoms. The molecule has 0 bridgehead atoms. The predicted octanol–water partition coefficient (Wildman–Crippen LogP) is 0.868. The summed E-state index contributed by atoms with van der Waals surface area (Å²) in [5, 5.41) is 2.18. The van der Waals surface area contributed by atoms with Crippen LogP contribution in [0.2, 0.25) is 0 Å².